The van der Waals surface area contributed by atoms with Crippen LogP contribution in [0.1, 0.15) is 64.4 Å². The van der Waals surface area contributed by atoms with Gasteiger partial charge in [-0.05, 0) is 50.5 Å². The molecule has 1 atom stereocenters. The monoisotopic (exact) mass is 342 g/mol. The van der Waals surface area contributed by atoms with E-state index in [9.17, 15) is 14.4 Å². The van der Waals surface area contributed by atoms with E-state index in [4.69, 9.17) is 5.11 Å². The largest absolute Gasteiger partial charge is 0.481 e. The van der Waals surface area contributed by atoms with Crippen LogP contribution in [-0.4, -0.2) is 27.8 Å². The molecule has 0 aliphatic rings. The van der Waals surface area contributed by atoms with Crippen molar-refractivity contribution < 1.29 is 19.5 Å². The van der Waals surface area contributed by atoms with E-state index in [2.05, 4.69) is 10.3 Å². The highest BCUT2D eigenvalue weighted by Crippen LogP contribution is 2.23. The Morgan fingerprint density at radius 3 is 2.52 bits per heavy atom. The summed E-state index contributed by atoms with van der Waals surface area (Å²) in [6.07, 6.45) is 0.554. The van der Waals surface area contributed by atoms with Crippen LogP contribution in [0.5, 0.6) is 0 Å². The standard InChI is InChI=1S/C19H22N2O4/c1-5-15-16(12(4)22)11(3)20-17(15)18(23)21-14-8-6-7-13(9-14)10(2)19(24)25/h6-10,20H,5H2,1-4H3,(H,21,23)(H,24,25). The first kappa shape index (κ1) is 18.4. The van der Waals surface area contributed by atoms with Crippen molar-refractivity contribution in [3.63, 3.8) is 0 Å². The molecule has 6 nitrogen and oxygen atoms in total. The molecule has 0 spiro atoms. The van der Waals surface area contributed by atoms with Crippen molar-refractivity contribution in [2.24, 2.45) is 0 Å². The summed E-state index contributed by atoms with van der Waals surface area (Å²) in [5, 5.41) is 11.9. The number of ketones is 1. The smallest absolute Gasteiger partial charge is 0.310 e. The number of carbonyl (C=O) groups excluding carboxylic acids is 2. The van der Waals surface area contributed by atoms with E-state index in [0.717, 1.165) is 0 Å². The van der Waals surface area contributed by atoms with Crippen molar-refractivity contribution in [1.29, 1.82) is 0 Å². The summed E-state index contributed by atoms with van der Waals surface area (Å²) in [7, 11) is 0. The lowest BCUT2D eigenvalue weighted by molar-refractivity contribution is -0.138. The van der Waals surface area contributed by atoms with Gasteiger partial charge in [0.15, 0.2) is 5.78 Å². The highest BCUT2D eigenvalue weighted by Gasteiger charge is 2.22. The maximum atomic E-state index is 12.6. The molecule has 1 aromatic carbocycles. The van der Waals surface area contributed by atoms with E-state index < -0.39 is 11.9 Å². The molecule has 0 saturated heterocycles. The van der Waals surface area contributed by atoms with Gasteiger partial charge in [-0.2, -0.15) is 0 Å². The predicted octanol–water partition coefficient (Wildman–Crippen LogP) is 3.53. The Balaban J connectivity index is 2.32. The van der Waals surface area contributed by atoms with Gasteiger partial charge >= 0.3 is 5.97 Å². The number of Topliss-reactive ketones (excluding diaryl/α,β-unsaturated/α-hetero) is 1. The highest BCUT2D eigenvalue weighted by atomic mass is 16.4. The minimum atomic E-state index is -0.928. The van der Waals surface area contributed by atoms with Gasteiger partial charge in [-0.15, -0.1) is 0 Å². The van der Waals surface area contributed by atoms with Gasteiger partial charge in [0.1, 0.15) is 5.69 Å². The van der Waals surface area contributed by atoms with Crippen molar-refractivity contribution in [3.8, 4) is 0 Å². The van der Waals surface area contributed by atoms with Gasteiger partial charge in [0, 0.05) is 16.9 Å². The number of hydrogen-bond donors (Lipinski definition) is 3. The molecule has 25 heavy (non-hydrogen) atoms. The van der Waals surface area contributed by atoms with Crippen molar-refractivity contribution in [3.05, 3.63) is 52.3 Å². The number of aromatic amines is 1. The van der Waals surface area contributed by atoms with Gasteiger partial charge in [0.05, 0.1) is 5.92 Å². The fourth-order valence-corrected chi connectivity index (χ4v) is 2.92. The lowest BCUT2D eigenvalue weighted by atomic mass is 10.0. The number of aromatic nitrogens is 1. The van der Waals surface area contributed by atoms with Gasteiger partial charge in [0.2, 0.25) is 0 Å². The normalized spacial score (nSPS) is 11.8. The van der Waals surface area contributed by atoms with Crippen LogP contribution in [0.4, 0.5) is 5.69 Å². The van der Waals surface area contributed by atoms with Crippen molar-refractivity contribution in [1.82, 2.24) is 4.98 Å². The van der Waals surface area contributed by atoms with Crippen LogP contribution in [0.15, 0.2) is 24.3 Å². The first-order chi connectivity index (χ1) is 11.8. The molecular weight excluding hydrogens is 320 g/mol. The number of amides is 1. The minimum absolute atomic E-state index is 0.0815. The first-order valence-electron chi connectivity index (χ1n) is 8.12. The van der Waals surface area contributed by atoms with Gasteiger partial charge in [-0.3, -0.25) is 14.4 Å². The Kier molecular flexibility index (Phi) is 5.41. The van der Waals surface area contributed by atoms with E-state index in [1.54, 1.807) is 38.1 Å². The second-order valence-electron chi connectivity index (χ2n) is 6.03. The average molecular weight is 342 g/mol. The van der Waals surface area contributed by atoms with Crippen LogP contribution >= 0.6 is 0 Å². The fourth-order valence-electron chi connectivity index (χ4n) is 2.92. The van der Waals surface area contributed by atoms with E-state index in [1.807, 2.05) is 6.92 Å². The summed E-state index contributed by atoms with van der Waals surface area (Å²) in [4.78, 5) is 38.6. The molecular formula is C19H22N2O4. The quantitative estimate of drug-likeness (QED) is 0.699. The number of aliphatic carboxylic acids is 1. The third-order valence-electron chi connectivity index (χ3n) is 4.24. The van der Waals surface area contributed by atoms with Gasteiger partial charge in [-0.1, -0.05) is 19.1 Å². The Morgan fingerprint density at radius 1 is 1.28 bits per heavy atom. The zero-order valence-corrected chi connectivity index (χ0v) is 14.8. The lowest BCUT2D eigenvalue weighted by Crippen LogP contribution is -2.15. The molecule has 1 heterocycles. The number of rotatable bonds is 6. The molecule has 132 valence electrons. The second-order valence-corrected chi connectivity index (χ2v) is 6.03. The number of carboxylic acid groups (broad SMARTS) is 1. The Labute approximate surface area is 146 Å². The SMILES string of the molecule is CCc1c(C(=O)Nc2cccc(C(C)C(=O)O)c2)[nH]c(C)c1C(C)=O. The maximum absolute atomic E-state index is 12.6. The van der Waals surface area contributed by atoms with E-state index >= 15 is 0 Å². The summed E-state index contributed by atoms with van der Waals surface area (Å²) < 4.78 is 0. The highest BCUT2D eigenvalue weighted by molar-refractivity contribution is 6.07. The van der Waals surface area contributed by atoms with E-state index in [0.29, 0.717) is 40.2 Å². The molecule has 0 saturated carbocycles. The molecule has 1 unspecified atom stereocenters. The summed E-state index contributed by atoms with van der Waals surface area (Å²) >= 11 is 0. The molecule has 0 aliphatic heterocycles. The Morgan fingerprint density at radius 2 is 1.96 bits per heavy atom. The van der Waals surface area contributed by atoms with Gasteiger partial charge < -0.3 is 15.4 Å². The Bertz CT molecular complexity index is 836. The fraction of sp³-hybridized carbons (Fsp3) is 0.316. The van der Waals surface area contributed by atoms with E-state index in [-0.39, 0.29) is 11.7 Å². The van der Waals surface area contributed by atoms with Crippen LogP contribution in [0, 0.1) is 6.92 Å². The summed E-state index contributed by atoms with van der Waals surface area (Å²) in [5.41, 5.74) is 3.39. The molecule has 2 aromatic rings. The van der Waals surface area contributed by atoms with Gasteiger partial charge in [-0.25, -0.2) is 0 Å². The zero-order chi connectivity index (χ0) is 18.7. The first-order valence-corrected chi connectivity index (χ1v) is 8.12. The number of hydrogen-bond acceptors (Lipinski definition) is 3. The molecule has 0 fully saturated rings. The van der Waals surface area contributed by atoms with Crippen molar-refractivity contribution >= 4 is 23.3 Å². The summed E-state index contributed by atoms with van der Waals surface area (Å²) in [6.45, 7) is 6.72. The average Bonchev–Trinajstić information content (AvgIpc) is 2.91. The molecule has 3 N–H and O–H groups in total. The third kappa shape index (κ3) is 3.79. The topological polar surface area (TPSA) is 99.3 Å². The number of benzene rings is 1. The summed E-state index contributed by atoms with van der Waals surface area (Å²) in [6, 6.07) is 6.75. The summed E-state index contributed by atoms with van der Waals surface area (Å²) in [5.74, 6) is -2.03. The molecule has 0 aliphatic carbocycles. The molecule has 6 heteroatoms. The van der Waals surface area contributed by atoms with Crippen LogP contribution in [0.3, 0.4) is 0 Å². The third-order valence-corrected chi connectivity index (χ3v) is 4.24. The number of carboxylic acids is 1. The second kappa shape index (κ2) is 7.34. The van der Waals surface area contributed by atoms with Crippen LogP contribution in [0.25, 0.3) is 0 Å². The number of carbonyl (C=O) groups is 3. The number of anilines is 1. The predicted molar refractivity (Wildman–Crippen MR) is 95.4 cm³/mol. The van der Waals surface area contributed by atoms with Crippen molar-refractivity contribution in [2.45, 2.75) is 40.0 Å². The molecule has 1 aromatic heterocycles. The number of aryl methyl sites for hydroxylation is 1. The van der Waals surface area contributed by atoms with E-state index in [1.165, 1.54) is 6.92 Å². The minimum Gasteiger partial charge on any atom is -0.481 e. The lowest BCUT2D eigenvalue weighted by Gasteiger charge is -2.10. The number of nitrogens with one attached hydrogen (secondary N) is 2. The number of H-pyrrole nitrogens is 1. The molecule has 2 rings (SSSR count). The molecule has 0 bridgehead atoms. The van der Waals surface area contributed by atoms with Gasteiger partial charge in [0.25, 0.3) is 5.91 Å². The maximum Gasteiger partial charge on any atom is 0.310 e. The van der Waals surface area contributed by atoms with Crippen LogP contribution < -0.4 is 5.32 Å². The Hall–Kier alpha value is -2.89. The van der Waals surface area contributed by atoms with Crippen LogP contribution in [0.2, 0.25) is 0 Å². The zero-order valence-electron chi connectivity index (χ0n) is 14.8. The molecule has 1 amide bonds. The van der Waals surface area contributed by atoms with Crippen molar-refractivity contribution in [2.75, 3.05) is 5.32 Å². The molecule has 0 radical (unpaired) electrons. The van der Waals surface area contributed by atoms with Crippen LogP contribution in [-0.2, 0) is 11.2 Å².